The van der Waals surface area contributed by atoms with Crippen LogP contribution in [0.15, 0.2) is 72.8 Å². The number of hydrogen-bond acceptors (Lipinski definition) is 6. The van der Waals surface area contributed by atoms with E-state index in [2.05, 4.69) is 16.2 Å². The van der Waals surface area contributed by atoms with Crippen molar-refractivity contribution in [2.45, 2.75) is 18.5 Å². The Bertz CT molecular complexity index is 1020. The van der Waals surface area contributed by atoms with Gasteiger partial charge in [0.2, 0.25) is 5.91 Å². The fourth-order valence-electron chi connectivity index (χ4n) is 3.50. The van der Waals surface area contributed by atoms with Crippen LogP contribution in [0.25, 0.3) is 0 Å². The Kier molecular flexibility index (Phi) is 6.35. The maximum absolute atomic E-state index is 12.7. The van der Waals surface area contributed by atoms with Gasteiger partial charge in [-0.3, -0.25) is 4.79 Å². The molecule has 1 saturated heterocycles. The van der Waals surface area contributed by atoms with Crippen LogP contribution >= 0.6 is 0 Å². The molecule has 0 radical (unpaired) electrons. The average Bonchev–Trinajstić information content (AvgIpc) is 3.31. The second kappa shape index (κ2) is 9.51. The lowest BCUT2D eigenvalue weighted by atomic mass is 10.0. The Hall–Kier alpha value is -3.55. The molecule has 1 fully saturated rings. The molecule has 31 heavy (non-hydrogen) atoms. The third-order valence-electron chi connectivity index (χ3n) is 5.14. The predicted molar refractivity (Wildman–Crippen MR) is 119 cm³/mol. The summed E-state index contributed by atoms with van der Waals surface area (Å²) in [5.74, 6) is 2.80. The Morgan fingerprint density at radius 3 is 2.29 bits per heavy atom. The highest BCUT2D eigenvalue weighted by Crippen LogP contribution is 2.33. The maximum atomic E-state index is 12.7. The fourth-order valence-corrected chi connectivity index (χ4v) is 3.50. The molecule has 4 rings (SSSR count). The quantitative estimate of drug-likeness (QED) is 0.536. The largest absolute Gasteiger partial charge is 0.497 e. The summed E-state index contributed by atoms with van der Waals surface area (Å²) in [5.41, 5.74) is 7.93. The van der Waals surface area contributed by atoms with E-state index in [0.717, 1.165) is 17.1 Å². The summed E-state index contributed by atoms with van der Waals surface area (Å²) in [6.07, 6.45) is 0.587. The second-order valence-electron chi connectivity index (χ2n) is 7.17. The molecule has 160 valence electrons. The van der Waals surface area contributed by atoms with E-state index in [1.165, 1.54) is 0 Å². The predicted octanol–water partition coefficient (Wildman–Crippen LogP) is 4.04. The highest BCUT2D eigenvalue weighted by molar-refractivity contribution is 5.95. The van der Waals surface area contributed by atoms with Gasteiger partial charge in [-0.05, 0) is 48.9 Å². The van der Waals surface area contributed by atoms with E-state index in [-0.39, 0.29) is 18.0 Å². The minimum Gasteiger partial charge on any atom is -0.497 e. The fraction of sp³-hybridized carbons (Fsp3) is 0.208. The molecule has 0 spiro atoms. The lowest BCUT2D eigenvalue weighted by Crippen LogP contribution is -2.39. The number of carbonyl (C=O) groups is 1. The van der Waals surface area contributed by atoms with E-state index < -0.39 is 0 Å². The van der Waals surface area contributed by atoms with Crippen LogP contribution in [0.5, 0.6) is 23.0 Å². The van der Waals surface area contributed by atoms with Crippen molar-refractivity contribution in [3.05, 3.63) is 78.4 Å². The topological polar surface area (TPSA) is 80.9 Å². The minimum atomic E-state index is -0.378. The summed E-state index contributed by atoms with van der Waals surface area (Å²) in [4.78, 5) is 12.7. The Balaban J connectivity index is 1.35. The Morgan fingerprint density at radius 1 is 0.871 bits per heavy atom. The third-order valence-corrected chi connectivity index (χ3v) is 5.14. The lowest BCUT2D eigenvalue weighted by molar-refractivity contribution is -0.117. The Labute approximate surface area is 181 Å². The maximum Gasteiger partial charge on any atom is 0.242 e. The summed E-state index contributed by atoms with van der Waals surface area (Å²) in [5, 5.41) is 2.95. The molecule has 0 aliphatic carbocycles. The summed E-state index contributed by atoms with van der Waals surface area (Å²) < 4.78 is 16.5. The molecule has 0 aromatic heterocycles. The summed E-state index contributed by atoms with van der Waals surface area (Å²) in [6, 6.07) is 22.1. The van der Waals surface area contributed by atoms with Gasteiger partial charge in [-0.2, -0.15) is 0 Å². The van der Waals surface area contributed by atoms with Crippen molar-refractivity contribution < 1.29 is 19.0 Å². The van der Waals surface area contributed by atoms with Gasteiger partial charge in [0, 0.05) is 17.3 Å². The number of para-hydroxylation sites is 1. The standard InChI is InChI=1S/C24H25N3O4/c1-29-19-12-13-20(23(14-19)30-2)21-15-22(27-26-21)24(28)25-16-8-10-18(11-9-16)31-17-6-4-3-5-7-17/h3-14,21-22,26-27H,15H2,1-2H3,(H,25,28). The normalized spacial score (nSPS) is 17.7. The molecule has 7 heteroatoms. The first-order valence-electron chi connectivity index (χ1n) is 10.0. The van der Waals surface area contributed by atoms with Gasteiger partial charge in [0.25, 0.3) is 0 Å². The zero-order valence-electron chi connectivity index (χ0n) is 17.4. The van der Waals surface area contributed by atoms with Crippen LogP contribution in [0, 0.1) is 0 Å². The van der Waals surface area contributed by atoms with Crippen LogP contribution < -0.4 is 30.4 Å². The summed E-state index contributed by atoms with van der Waals surface area (Å²) in [7, 11) is 3.24. The number of hydrazine groups is 1. The number of carbonyl (C=O) groups excluding carboxylic acids is 1. The van der Waals surface area contributed by atoms with Gasteiger partial charge in [0.05, 0.1) is 20.3 Å². The van der Waals surface area contributed by atoms with E-state index in [1.54, 1.807) is 14.2 Å². The number of amides is 1. The second-order valence-corrected chi connectivity index (χ2v) is 7.17. The van der Waals surface area contributed by atoms with Crippen molar-refractivity contribution in [3.8, 4) is 23.0 Å². The zero-order valence-corrected chi connectivity index (χ0v) is 17.4. The highest BCUT2D eigenvalue weighted by atomic mass is 16.5. The van der Waals surface area contributed by atoms with Gasteiger partial charge >= 0.3 is 0 Å². The van der Waals surface area contributed by atoms with Crippen LogP contribution in [0.1, 0.15) is 18.0 Å². The molecule has 1 heterocycles. The number of ether oxygens (including phenoxy) is 3. The molecule has 1 aliphatic heterocycles. The van der Waals surface area contributed by atoms with Crippen molar-refractivity contribution >= 4 is 11.6 Å². The molecule has 0 bridgehead atoms. The number of benzene rings is 3. The molecule has 3 N–H and O–H groups in total. The lowest BCUT2D eigenvalue weighted by Gasteiger charge is -2.15. The van der Waals surface area contributed by atoms with Crippen LogP contribution in [0.4, 0.5) is 5.69 Å². The molecule has 2 unspecified atom stereocenters. The third kappa shape index (κ3) is 4.96. The molecule has 1 amide bonds. The van der Waals surface area contributed by atoms with E-state index in [0.29, 0.717) is 23.6 Å². The van der Waals surface area contributed by atoms with Crippen LogP contribution in [0.3, 0.4) is 0 Å². The molecule has 3 aromatic carbocycles. The molecule has 1 aliphatic rings. The first kappa shape index (κ1) is 20.7. The number of nitrogens with one attached hydrogen (secondary N) is 3. The van der Waals surface area contributed by atoms with E-state index >= 15 is 0 Å². The van der Waals surface area contributed by atoms with Crippen molar-refractivity contribution in [1.82, 2.24) is 10.9 Å². The van der Waals surface area contributed by atoms with Crippen LogP contribution in [0.2, 0.25) is 0 Å². The van der Waals surface area contributed by atoms with Gasteiger partial charge in [-0.25, -0.2) is 10.9 Å². The molecular formula is C24H25N3O4. The van der Waals surface area contributed by atoms with Crippen LogP contribution in [-0.4, -0.2) is 26.2 Å². The number of anilines is 1. The number of methoxy groups -OCH3 is 2. The van der Waals surface area contributed by atoms with E-state index in [1.807, 2.05) is 72.8 Å². The van der Waals surface area contributed by atoms with Gasteiger partial charge in [-0.1, -0.05) is 24.3 Å². The summed E-state index contributed by atoms with van der Waals surface area (Å²) in [6.45, 7) is 0. The average molecular weight is 419 g/mol. The monoisotopic (exact) mass is 419 g/mol. The Morgan fingerprint density at radius 2 is 1.58 bits per heavy atom. The van der Waals surface area contributed by atoms with Gasteiger partial charge < -0.3 is 19.5 Å². The molecule has 2 atom stereocenters. The van der Waals surface area contributed by atoms with Crippen molar-refractivity contribution in [3.63, 3.8) is 0 Å². The molecule has 7 nitrogen and oxygen atoms in total. The van der Waals surface area contributed by atoms with Gasteiger partial charge in [-0.15, -0.1) is 0 Å². The van der Waals surface area contributed by atoms with Gasteiger partial charge in [0.15, 0.2) is 0 Å². The first-order valence-corrected chi connectivity index (χ1v) is 10.0. The van der Waals surface area contributed by atoms with Crippen molar-refractivity contribution in [2.75, 3.05) is 19.5 Å². The van der Waals surface area contributed by atoms with Crippen molar-refractivity contribution in [2.24, 2.45) is 0 Å². The van der Waals surface area contributed by atoms with E-state index in [4.69, 9.17) is 14.2 Å². The number of rotatable bonds is 7. The first-order chi connectivity index (χ1) is 15.2. The van der Waals surface area contributed by atoms with Crippen LogP contribution in [-0.2, 0) is 4.79 Å². The van der Waals surface area contributed by atoms with E-state index in [9.17, 15) is 4.79 Å². The molecule has 3 aromatic rings. The number of hydrogen-bond donors (Lipinski definition) is 3. The zero-order chi connectivity index (χ0) is 21.6. The molecule has 0 saturated carbocycles. The summed E-state index contributed by atoms with van der Waals surface area (Å²) >= 11 is 0. The van der Waals surface area contributed by atoms with Crippen molar-refractivity contribution in [1.29, 1.82) is 0 Å². The smallest absolute Gasteiger partial charge is 0.242 e. The van der Waals surface area contributed by atoms with Gasteiger partial charge in [0.1, 0.15) is 29.0 Å². The SMILES string of the molecule is COc1ccc(C2CC(C(=O)Nc3ccc(Oc4ccccc4)cc3)NN2)c(OC)c1. The minimum absolute atomic E-state index is 0.0572. The highest BCUT2D eigenvalue weighted by Gasteiger charge is 2.31. The molecular weight excluding hydrogens is 394 g/mol.